The molecule has 5 aromatic rings. The van der Waals surface area contributed by atoms with Gasteiger partial charge in [0.2, 0.25) is 17.6 Å². The second-order valence-electron chi connectivity index (χ2n) is 19.2. The third-order valence-electron chi connectivity index (χ3n) is 14.1. The number of rotatable bonds is 18. The van der Waals surface area contributed by atoms with Crippen molar-refractivity contribution in [3.63, 3.8) is 0 Å². The van der Waals surface area contributed by atoms with Crippen LogP contribution in [-0.4, -0.2) is 244 Å². The van der Waals surface area contributed by atoms with Crippen molar-refractivity contribution in [2.45, 2.75) is 18.9 Å². The zero-order chi connectivity index (χ0) is 53.7. The number of hydrogen-bond acceptors (Lipinski definition) is 16. The number of likely N-dealkylation sites (tertiary alicyclic amines) is 1. The van der Waals surface area contributed by atoms with Gasteiger partial charge in [-0.2, -0.15) is 0 Å². The van der Waals surface area contributed by atoms with Crippen LogP contribution in [-0.2, 0) is 24.0 Å². The molecule has 3 fully saturated rings. The van der Waals surface area contributed by atoms with Gasteiger partial charge in [0, 0.05) is 115 Å². The molecule has 1 atom stereocenters. The van der Waals surface area contributed by atoms with Gasteiger partial charge in [0.1, 0.15) is 11.6 Å². The number of carboxylic acids is 3. The highest BCUT2D eigenvalue weighted by atomic mass is 16.4. The predicted octanol–water partition coefficient (Wildman–Crippen LogP) is 0.996. The van der Waals surface area contributed by atoms with Gasteiger partial charge in [0.25, 0.3) is 17.7 Å². The van der Waals surface area contributed by atoms with Crippen molar-refractivity contribution in [3.05, 3.63) is 96.0 Å². The van der Waals surface area contributed by atoms with Gasteiger partial charge in [-0.3, -0.25) is 67.8 Å². The molecule has 3 aliphatic heterocycles. The third-order valence-corrected chi connectivity index (χ3v) is 14.1. The lowest BCUT2D eigenvalue weighted by molar-refractivity contribution is -0.141. The minimum absolute atomic E-state index is 0.0474. The first-order valence-electron chi connectivity index (χ1n) is 25.5. The average molecular weight is 1050 g/mol. The molecule has 402 valence electrons. The molecular weight excluding hydrogens is 983 g/mol. The standard InChI is InChI=1S/C53H63N11O12/c65-45(64-16-3-5-43(64)50(73)53-57-41-4-1-2-6-44(41)76-53)31-56-52(75)40-13-14-54-42-30-38(11-12-39(40)42)36-7-9-37(10-8-36)51(74)55-15-17-58-26-28-63(29-27-58)46(66)32-59-18-20-60(33-47(67)68)22-24-62(35-49(71)72)25-23-61(21-19-59)34-48(69)70/h1-2,4,6-14,30,43H,3,5,15-29,31-35H2,(H,55,74)(H,56,75)(H,67,68)(H,69,70)(H,71,72)/t43-/m0/s1. The van der Waals surface area contributed by atoms with Crippen LogP contribution in [0.2, 0.25) is 0 Å². The number of oxazole rings is 1. The maximum Gasteiger partial charge on any atom is 0.317 e. The summed E-state index contributed by atoms with van der Waals surface area (Å²) in [5, 5.41) is 34.8. The summed E-state index contributed by atoms with van der Waals surface area (Å²) < 4.78 is 5.67. The number of aromatic nitrogens is 2. The topological polar surface area (TPSA) is 283 Å². The van der Waals surface area contributed by atoms with Gasteiger partial charge in [0.05, 0.1) is 43.8 Å². The van der Waals surface area contributed by atoms with E-state index < -0.39 is 29.9 Å². The number of ketones is 1. The minimum Gasteiger partial charge on any atom is -0.480 e. The number of aliphatic carboxylic acids is 3. The van der Waals surface area contributed by atoms with Gasteiger partial charge in [0.15, 0.2) is 5.58 Å². The Bertz CT molecular complexity index is 2860. The summed E-state index contributed by atoms with van der Waals surface area (Å²) in [5.74, 6) is -4.67. The van der Waals surface area contributed by atoms with Crippen LogP contribution in [0.5, 0.6) is 0 Å². The SMILES string of the molecule is O=C(O)CN1CCN(CC(=O)O)CCN(CC(=O)N2CCN(CCNC(=O)c3ccc(-c4ccc5c(C(=O)NCC(=O)N6CCC[C@H]6C(=O)c6nc7ccccc7o6)ccnc5c4)cc3)CC2)CCN(CC(=O)O)CC1. The van der Waals surface area contributed by atoms with Crippen molar-refractivity contribution >= 4 is 69.3 Å². The Morgan fingerprint density at radius 3 is 1.76 bits per heavy atom. The molecule has 76 heavy (non-hydrogen) atoms. The van der Waals surface area contributed by atoms with Crippen LogP contribution in [0.1, 0.15) is 44.2 Å². The summed E-state index contributed by atoms with van der Waals surface area (Å²) in [7, 11) is 0. The van der Waals surface area contributed by atoms with E-state index in [1.54, 1.807) is 68.1 Å². The summed E-state index contributed by atoms with van der Waals surface area (Å²) in [6.07, 6.45) is 2.62. The fraction of sp³-hybridized carbons (Fsp3) is 0.434. The Morgan fingerprint density at radius 2 is 1.16 bits per heavy atom. The molecule has 2 aromatic heterocycles. The molecule has 0 spiro atoms. The number of pyridine rings is 1. The van der Waals surface area contributed by atoms with Gasteiger partial charge >= 0.3 is 17.9 Å². The Balaban J connectivity index is 0.779. The summed E-state index contributed by atoms with van der Waals surface area (Å²) in [4.78, 5) is 123. The van der Waals surface area contributed by atoms with Crippen LogP contribution in [0, 0.1) is 0 Å². The molecule has 0 radical (unpaired) electrons. The van der Waals surface area contributed by atoms with E-state index in [0.717, 1.165) is 11.1 Å². The monoisotopic (exact) mass is 1050 g/mol. The van der Waals surface area contributed by atoms with Gasteiger partial charge < -0.3 is 40.2 Å². The van der Waals surface area contributed by atoms with Crippen molar-refractivity contribution in [2.24, 2.45) is 0 Å². The predicted molar refractivity (Wildman–Crippen MR) is 277 cm³/mol. The van der Waals surface area contributed by atoms with E-state index in [0.29, 0.717) is 131 Å². The first kappa shape index (κ1) is 54.6. The average Bonchev–Trinajstić information content (AvgIpc) is 4.09. The van der Waals surface area contributed by atoms with E-state index in [1.807, 2.05) is 29.2 Å². The van der Waals surface area contributed by atoms with Crippen LogP contribution in [0.4, 0.5) is 0 Å². The number of benzene rings is 3. The zero-order valence-electron chi connectivity index (χ0n) is 42.2. The van der Waals surface area contributed by atoms with Gasteiger partial charge in [-0.05, 0) is 60.4 Å². The number of carbonyl (C=O) groups is 8. The van der Waals surface area contributed by atoms with Gasteiger partial charge in [-0.25, -0.2) is 4.98 Å². The number of Topliss-reactive ketones (excluding diaryl/α,β-unsaturated/α-hetero) is 1. The minimum atomic E-state index is -1.03. The fourth-order valence-electron chi connectivity index (χ4n) is 9.88. The number of carbonyl (C=O) groups excluding carboxylic acids is 5. The molecule has 4 amide bonds. The second kappa shape index (κ2) is 25.7. The highest BCUT2D eigenvalue weighted by Gasteiger charge is 2.37. The quantitative estimate of drug-likeness (QED) is 0.0766. The second-order valence-corrected chi connectivity index (χ2v) is 19.2. The zero-order valence-corrected chi connectivity index (χ0v) is 42.2. The van der Waals surface area contributed by atoms with Gasteiger partial charge in [-0.15, -0.1) is 0 Å². The fourth-order valence-corrected chi connectivity index (χ4v) is 9.88. The van der Waals surface area contributed by atoms with Crippen molar-refractivity contribution < 1.29 is 58.1 Å². The number of carboxylic acid groups (broad SMARTS) is 3. The lowest BCUT2D eigenvalue weighted by Crippen LogP contribution is -2.53. The molecule has 5 N–H and O–H groups in total. The van der Waals surface area contributed by atoms with E-state index in [2.05, 4.69) is 25.5 Å². The molecule has 3 saturated heterocycles. The maximum absolute atomic E-state index is 13.6. The first-order valence-corrected chi connectivity index (χ1v) is 25.5. The van der Waals surface area contributed by atoms with Crippen molar-refractivity contribution in [1.82, 2.24) is 54.9 Å². The largest absolute Gasteiger partial charge is 0.480 e. The lowest BCUT2D eigenvalue weighted by Gasteiger charge is -2.37. The van der Waals surface area contributed by atoms with Gasteiger partial charge in [-0.1, -0.05) is 36.4 Å². The third kappa shape index (κ3) is 14.6. The van der Waals surface area contributed by atoms with E-state index in [4.69, 9.17) is 4.42 Å². The molecule has 0 unspecified atom stereocenters. The highest BCUT2D eigenvalue weighted by molar-refractivity contribution is 6.08. The smallest absolute Gasteiger partial charge is 0.317 e. The van der Waals surface area contributed by atoms with Crippen LogP contribution < -0.4 is 10.6 Å². The molecule has 0 saturated carbocycles. The summed E-state index contributed by atoms with van der Waals surface area (Å²) in [5.41, 5.74) is 4.06. The number of amides is 4. The van der Waals surface area contributed by atoms with Crippen LogP contribution >= 0.6 is 0 Å². The number of piperazine rings is 1. The summed E-state index contributed by atoms with van der Waals surface area (Å²) >= 11 is 0. The molecule has 3 aliphatic rings. The lowest BCUT2D eigenvalue weighted by atomic mass is 10.00. The van der Waals surface area contributed by atoms with E-state index in [1.165, 1.54) is 11.1 Å². The molecular formula is C53H63N11O12. The Labute approximate surface area is 438 Å². The van der Waals surface area contributed by atoms with E-state index in [-0.39, 0.29) is 75.2 Å². The number of para-hydroxylation sites is 2. The summed E-state index contributed by atoms with van der Waals surface area (Å²) in [6, 6.07) is 20.6. The van der Waals surface area contributed by atoms with E-state index >= 15 is 0 Å². The van der Waals surface area contributed by atoms with Crippen molar-refractivity contribution in [1.29, 1.82) is 0 Å². The highest BCUT2D eigenvalue weighted by Crippen LogP contribution is 2.27. The molecule has 0 bridgehead atoms. The molecule has 0 aliphatic carbocycles. The number of hydrogen-bond donors (Lipinski definition) is 5. The van der Waals surface area contributed by atoms with Crippen LogP contribution in [0.25, 0.3) is 33.1 Å². The Hall–Kier alpha value is -7.70. The van der Waals surface area contributed by atoms with Crippen LogP contribution in [0.3, 0.4) is 0 Å². The van der Waals surface area contributed by atoms with Crippen molar-refractivity contribution in [3.8, 4) is 11.1 Å². The number of fused-ring (bicyclic) bond motifs is 2. The molecule has 23 heteroatoms. The van der Waals surface area contributed by atoms with Crippen molar-refractivity contribution in [2.75, 3.05) is 131 Å². The molecule has 5 heterocycles. The number of nitrogens with one attached hydrogen (secondary N) is 2. The number of nitrogens with zero attached hydrogens (tertiary/aromatic N) is 9. The summed E-state index contributed by atoms with van der Waals surface area (Å²) in [6.45, 7) is 5.02. The Kier molecular flexibility index (Phi) is 18.4. The van der Waals surface area contributed by atoms with E-state index in [9.17, 15) is 53.7 Å². The molecule has 23 nitrogen and oxygen atoms in total. The first-order chi connectivity index (χ1) is 36.7. The normalized spacial score (nSPS) is 18.0. The molecule has 8 rings (SSSR count). The maximum atomic E-state index is 13.6. The van der Waals surface area contributed by atoms with Crippen LogP contribution in [0.15, 0.2) is 83.4 Å². The Morgan fingerprint density at radius 1 is 0.579 bits per heavy atom. The molecule has 3 aromatic carbocycles.